The Morgan fingerprint density at radius 3 is 2.62 bits per heavy atom. The Hall–Kier alpha value is -1.28. The van der Waals surface area contributed by atoms with Crippen LogP contribution < -0.4 is 10.1 Å². The van der Waals surface area contributed by atoms with Crippen molar-refractivity contribution in [1.29, 1.82) is 0 Å². The molecule has 0 aliphatic rings. The van der Waals surface area contributed by atoms with E-state index in [2.05, 4.69) is 26.0 Å². The molecule has 0 heterocycles. The van der Waals surface area contributed by atoms with Crippen LogP contribution in [0.5, 0.6) is 5.75 Å². The summed E-state index contributed by atoms with van der Waals surface area (Å²) in [5.74, 6) is -0.346. The number of hydrogen-bond donors (Lipinski definition) is 1. The van der Waals surface area contributed by atoms with Gasteiger partial charge >= 0.3 is 6.36 Å². The molecule has 0 saturated carbocycles. The van der Waals surface area contributed by atoms with Gasteiger partial charge in [-0.15, -0.1) is 13.2 Å². The first kappa shape index (κ1) is 17.8. The molecule has 0 bridgehead atoms. The summed E-state index contributed by atoms with van der Waals surface area (Å²) >= 11 is 3.03. The van der Waals surface area contributed by atoms with Crippen molar-refractivity contribution in [2.45, 2.75) is 19.8 Å². The Kier molecular flexibility index (Phi) is 6.47. The summed E-state index contributed by atoms with van der Waals surface area (Å²) < 4.78 is 40.4. The highest BCUT2D eigenvalue weighted by molar-refractivity contribution is 9.10. The van der Waals surface area contributed by atoms with Gasteiger partial charge in [0.2, 0.25) is 5.91 Å². The number of rotatable bonds is 6. The van der Waals surface area contributed by atoms with Gasteiger partial charge in [-0.2, -0.15) is 0 Å². The normalized spacial score (nSPS) is 11.3. The number of benzene rings is 1. The van der Waals surface area contributed by atoms with E-state index in [9.17, 15) is 18.0 Å². The first-order chi connectivity index (χ1) is 9.73. The van der Waals surface area contributed by atoms with Gasteiger partial charge in [-0.1, -0.05) is 6.07 Å². The smallest absolute Gasteiger partial charge is 0.405 e. The van der Waals surface area contributed by atoms with Crippen LogP contribution in [-0.4, -0.2) is 37.3 Å². The number of nitrogens with one attached hydrogen (secondary N) is 1. The maximum absolute atomic E-state index is 12.1. The Morgan fingerprint density at radius 2 is 2.10 bits per heavy atom. The van der Waals surface area contributed by atoms with Crippen molar-refractivity contribution < 1.29 is 22.7 Å². The third-order valence-corrected chi connectivity index (χ3v) is 3.35. The van der Waals surface area contributed by atoms with E-state index in [1.807, 2.05) is 6.92 Å². The number of carbonyl (C=O) groups excluding carboxylic acids is 1. The quantitative estimate of drug-likeness (QED) is 0.839. The fourth-order valence-electron chi connectivity index (χ4n) is 1.49. The molecule has 0 aromatic heterocycles. The number of likely N-dealkylation sites (N-methyl/N-ethyl adjacent to an activating group) is 1. The van der Waals surface area contributed by atoms with Gasteiger partial charge in [0.1, 0.15) is 5.75 Å². The van der Waals surface area contributed by atoms with Crippen molar-refractivity contribution >= 4 is 21.8 Å². The molecule has 0 aliphatic carbocycles. The predicted molar refractivity (Wildman–Crippen MR) is 75.8 cm³/mol. The lowest BCUT2D eigenvalue weighted by Crippen LogP contribution is -2.35. The first-order valence-corrected chi connectivity index (χ1v) is 7.01. The van der Waals surface area contributed by atoms with E-state index in [0.717, 1.165) is 5.56 Å². The summed E-state index contributed by atoms with van der Waals surface area (Å²) in [6.07, 6.45) is -4.72. The van der Waals surface area contributed by atoms with Gasteiger partial charge in [-0.3, -0.25) is 4.79 Å². The Labute approximate surface area is 129 Å². The molecule has 21 heavy (non-hydrogen) atoms. The van der Waals surface area contributed by atoms with Crippen molar-refractivity contribution in [3.05, 3.63) is 28.2 Å². The lowest BCUT2D eigenvalue weighted by molar-refractivity contribution is -0.274. The van der Waals surface area contributed by atoms with Crippen LogP contribution in [0, 0.1) is 0 Å². The average molecular weight is 369 g/mol. The van der Waals surface area contributed by atoms with Crippen LogP contribution in [0.25, 0.3) is 0 Å². The molecule has 4 nitrogen and oxygen atoms in total. The first-order valence-electron chi connectivity index (χ1n) is 6.21. The van der Waals surface area contributed by atoms with E-state index in [-0.39, 0.29) is 22.7 Å². The summed E-state index contributed by atoms with van der Waals surface area (Å²) in [5, 5.41) is 2.94. The van der Waals surface area contributed by atoms with E-state index in [4.69, 9.17) is 0 Å². The minimum Gasteiger partial charge on any atom is -0.405 e. The molecule has 0 unspecified atom stereocenters. The summed E-state index contributed by atoms with van der Waals surface area (Å²) in [4.78, 5) is 13.1. The van der Waals surface area contributed by atoms with Crippen LogP contribution in [0.4, 0.5) is 13.2 Å². The van der Waals surface area contributed by atoms with Gasteiger partial charge in [0.25, 0.3) is 0 Å². The molecular weight excluding hydrogens is 353 g/mol. The molecule has 0 spiro atoms. The third-order valence-electron chi connectivity index (χ3n) is 2.73. The molecule has 0 aliphatic heterocycles. The third kappa shape index (κ3) is 6.34. The van der Waals surface area contributed by atoms with Crippen molar-refractivity contribution in [1.82, 2.24) is 10.2 Å². The number of hydrogen-bond acceptors (Lipinski definition) is 3. The summed E-state index contributed by atoms with van der Waals surface area (Å²) in [7, 11) is 1.70. The van der Waals surface area contributed by atoms with Crippen LogP contribution in [-0.2, 0) is 11.3 Å². The summed E-state index contributed by atoms with van der Waals surface area (Å²) in [5.41, 5.74) is 0.739. The van der Waals surface area contributed by atoms with Gasteiger partial charge in [-0.25, -0.2) is 0 Å². The number of nitrogens with zero attached hydrogens (tertiary/aromatic N) is 1. The highest BCUT2D eigenvalue weighted by Gasteiger charge is 2.31. The minimum absolute atomic E-state index is 0.0476. The molecule has 0 saturated heterocycles. The maximum Gasteiger partial charge on any atom is 0.573 e. The second-order valence-corrected chi connectivity index (χ2v) is 5.18. The van der Waals surface area contributed by atoms with E-state index in [1.165, 1.54) is 18.2 Å². The fraction of sp³-hybridized carbons (Fsp3) is 0.462. The van der Waals surface area contributed by atoms with Crippen molar-refractivity contribution in [2.24, 2.45) is 0 Å². The molecule has 1 aromatic carbocycles. The Balaban J connectivity index is 2.54. The number of carbonyl (C=O) groups is 1. The van der Waals surface area contributed by atoms with E-state index in [1.54, 1.807) is 11.9 Å². The van der Waals surface area contributed by atoms with Gasteiger partial charge in [-0.05, 0) is 40.5 Å². The molecule has 0 fully saturated rings. The van der Waals surface area contributed by atoms with Crippen LogP contribution in [0.1, 0.15) is 12.5 Å². The van der Waals surface area contributed by atoms with Crippen molar-refractivity contribution in [3.63, 3.8) is 0 Å². The molecule has 118 valence electrons. The summed E-state index contributed by atoms with van der Waals surface area (Å²) in [6, 6.07) is 4.25. The largest absolute Gasteiger partial charge is 0.573 e. The maximum atomic E-state index is 12.1. The zero-order valence-corrected chi connectivity index (χ0v) is 13.2. The van der Waals surface area contributed by atoms with Crippen LogP contribution in [0.3, 0.4) is 0 Å². The lowest BCUT2D eigenvalue weighted by atomic mass is 10.2. The van der Waals surface area contributed by atoms with Gasteiger partial charge < -0.3 is 15.0 Å². The molecule has 1 amide bonds. The average Bonchev–Trinajstić information content (AvgIpc) is 2.39. The molecule has 8 heteroatoms. The molecule has 0 atom stereocenters. The van der Waals surface area contributed by atoms with Crippen LogP contribution in [0.2, 0.25) is 0 Å². The van der Waals surface area contributed by atoms with E-state index < -0.39 is 6.36 Å². The van der Waals surface area contributed by atoms with Crippen LogP contribution >= 0.6 is 15.9 Å². The lowest BCUT2D eigenvalue weighted by Gasteiger charge is -2.15. The van der Waals surface area contributed by atoms with Crippen molar-refractivity contribution in [2.75, 3.05) is 20.1 Å². The Bertz CT molecular complexity index is 495. The van der Waals surface area contributed by atoms with E-state index >= 15 is 0 Å². The second kappa shape index (κ2) is 7.65. The number of amides is 1. The molecular formula is C13H16BrF3N2O2. The zero-order valence-electron chi connectivity index (χ0n) is 11.6. The molecule has 1 rings (SSSR count). The monoisotopic (exact) mass is 368 g/mol. The minimum atomic E-state index is -4.72. The number of alkyl halides is 3. The Morgan fingerprint density at radius 1 is 1.43 bits per heavy atom. The molecule has 1 N–H and O–H groups in total. The van der Waals surface area contributed by atoms with Gasteiger partial charge in [0.05, 0.1) is 11.0 Å². The second-order valence-electron chi connectivity index (χ2n) is 4.32. The van der Waals surface area contributed by atoms with Gasteiger partial charge in [0, 0.05) is 20.1 Å². The highest BCUT2D eigenvalue weighted by Crippen LogP contribution is 2.30. The topological polar surface area (TPSA) is 41.6 Å². The van der Waals surface area contributed by atoms with Crippen LogP contribution in [0.15, 0.2) is 22.7 Å². The number of ether oxygens (including phenoxy) is 1. The number of halogens is 4. The zero-order chi connectivity index (χ0) is 16.0. The molecule has 0 radical (unpaired) electrons. The highest BCUT2D eigenvalue weighted by atomic mass is 79.9. The van der Waals surface area contributed by atoms with E-state index in [0.29, 0.717) is 13.1 Å². The van der Waals surface area contributed by atoms with Crippen molar-refractivity contribution in [3.8, 4) is 5.75 Å². The summed E-state index contributed by atoms with van der Waals surface area (Å²) in [6.45, 7) is 3.03. The predicted octanol–water partition coefficient (Wildman–Crippen LogP) is 2.92. The van der Waals surface area contributed by atoms with Gasteiger partial charge in [0.15, 0.2) is 0 Å². The SMILES string of the molecule is CCN(C)C(=O)CNCc1ccc(OC(F)(F)F)c(Br)c1. The fourth-order valence-corrected chi connectivity index (χ4v) is 1.99. The molecule has 1 aromatic rings. The standard InChI is InChI=1S/C13H16BrF3N2O2/c1-3-19(2)12(20)8-18-7-9-4-5-11(10(14)6-9)21-13(15,16)17/h4-6,18H,3,7-8H2,1-2H3.